The van der Waals surface area contributed by atoms with Crippen LogP contribution in [-0.2, 0) is 18.3 Å². The number of aromatic nitrogens is 4. The van der Waals surface area contributed by atoms with E-state index in [9.17, 15) is 4.79 Å². The van der Waals surface area contributed by atoms with Crippen molar-refractivity contribution >= 4 is 23.4 Å². The molecule has 1 atom stereocenters. The number of aryl methyl sites for hydroxylation is 1. The fraction of sp³-hybridized carbons (Fsp3) is 0.222. The number of nitrogens with zero attached hydrogens (tertiary/aromatic N) is 4. The van der Waals surface area contributed by atoms with Crippen LogP contribution < -0.4 is 5.32 Å². The third-order valence-corrected chi connectivity index (χ3v) is 5.55. The summed E-state index contributed by atoms with van der Waals surface area (Å²) in [5, 5.41) is 12.1. The van der Waals surface area contributed by atoms with Gasteiger partial charge in [-0.2, -0.15) is 0 Å². The van der Waals surface area contributed by atoms with Gasteiger partial charge in [0, 0.05) is 30.7 Å². The third kappa shape index (κ3) is 3.15. The highest BCUT2D eigenvalue weighted by atomic mass is 32.2. The van der Waals surface area contributed by atoms with Crippen LogP contribution >= 0.6 is 11.8 Å². The van der Waals surface area contributed by atoms with Crippen LogP contribution in [0.25, 0.3) is 11.4 Å². The molecule has 1 aromatic carbocycles. The molecule has 4 rings (SSSR count). The Kier molecular flexibility index (Phi) is 4.23. The Balaban J connectivity index is 1.55. The predicted octanol–water partition coefficient (Wildman–Crippen LogP) is 2.92. The number of fused-ring (bicyclic) bond motifs is 1. The van der Waals surface area contributed by atoms with Crippen LogP contribution in [0, 0.1) is 0 Å². The number of nitrogens with one attached hydrogen (secondary N) is 1. The molecule has 2 aromatic heterocycles. The molecule has 6 nitrogen and oxygen atoms in total. The number of carbonyl (C=O) groups excluding carboxylic acids is 1. The lowest BCUT2D eigenvalue weighted by Crippen LogP contribution is -2.24. The fourth-order valence-corrected chi connectivity index (χ4v) is 3.88. The molecule has 0 saturated heterocycles. The molecule has 1 aliphatic heterocycles. The monoisotopic (exact) mass is 351 g/mol. The average molecular weight is 351 g/mol. The molecule has 0 bridgehead atoms. The third-order valence-electron chi connectivity index (χ3n) is 4.25. The topological polar surface area (TPSA) is 72.7 Å². The van der Waals surface area contributed by atoms with Gasteiger partial charge in [0.1, 0.15) is 0 Å². The second-order valence-corrected chi connectivity index (χ2v) is 7.07. The van der Waals surface area contributed by atoms with Crippen molar-refractivity contribution in [1.82, 2.24) is 19.7 Å². The summed E-state index contributed by atoms with van der Waals surface area (Å²) in [6, 6.07) is 11.8. The second kappa shape index (κ2) is 6.68. The normalized spacial score (nSPS) is 16.8. The van der Waals surface area contributed by atoms with Gasteiger partial charge in [0.25, 0.3) is 0 Å². The molecule has 0 unspecified atom stereocenters. The van der Waals surface area contributed by atoms with Crippen LogP contribution in [0.15, 0.2) is 53.9 Å². The summed E-state index contributed by atoms with van der Waals surface area (Å²) in [7, 11) is 1.91. The number of rotatable bonds is 3. The molecule has 7 heteroatoms. The van der Waals surface area contributed by atoms with Gasteiger partial charge in [-0.25, -0.2) is 0 Å². The number of carbonyl (C=O) groups is 1. The van der Waals surface area contributed by atoms with E-state index >= 15 is 0 Å². The fourth-order valence-electron chi connectivity index (χ4n) is 2.89. The van der Waals surface area contributed by atoms with Crippen molar-refractivity contribution in [1.29, 1.82) is 0 Å². The lowest BCUT2D eigenvalue weighted by molar-refractivity contribution is -0.115. The van der Waals surface area contributed by atoms with Crippen molar-refractivity contribution in [3.05, 3.63) is 54.4 Å². The van der Waals surface area contributed by atoms with Crippen molar-refractivity contribution in [2.75, 3.05) is 5.32 Å². The largest absolute Gasteiger partial charge is 0.325 e. The van der Waals surface area contributed by atoms with Crippen LogP contribution in [0.5, 0.6) is 0 Å². The first-order chi connectivity index (χ1) is 12.2. The number of thioether (sulfide) groups is 1. The summed E-state index contributed by atoms with van der Waals surface area (Å²) in [6.07, 6.45) is 5.11. The lowest BCUT2D eigenvalue weighted by atomic mass is 10.1. The maximum absolute atomic E-state index is 12.6. The number of hydrogen-bond donors (Lipinski definition) is 1. The highest BCUT2D eigenvalue weighted by Gasteiger charge is 2.26. The summed E-state index contributed by atoms with van der Waals surface area (Å²) >= 11 is 1.46. The molecule has 1 amide bonds. The van der Waals surface area contributed by atoms with E-state index in [0.29, 0.717) is 0 Å². The zero-order chi connectivity index (χ0) is 17.2. The summed E-state index contributed by atoms with van der Waals surface area (Å²) in [4.78, 5) is 16.7. The highest BCUT2D eigenvalue weighted by Crippen LogP contribution is 2.31. The minimum absolute atomic E-state index is 0.0147. The van der Waals surface area contributed by atoms with Gasteiger partial charge in [-0.15, -0.1) is 10.2 Å². The van der Waals surface area contributed by atoms with Crippen LogP contribution in [0.3, 0.4) is 0 Å². The lowest BCUT2D eigenvalue weighted by Gasteiger charge is -2.12. The van der Waals surface area contributed by atoms with Gasteiger partial charge in [-0.05, 0) is 36.6 Å². The summed E-state index contributed by atoms with van der Waals surface area (Å²) in [5.74, 6) is 0.758. The number of benzene rings is 1. The Bertz CT molecular complexity index is 909. The van der Waals surface area contributed by atoms with Gasteiger partial charge in [0.2, 0.25) is 5.91 Å². The molecule has 3 heterocycles. The van der Waals surface area contributed by atoms with Gasteiger partial charge in [-0.3, -0.25) is 9.78 Å². The highest BCUT2D eigenvalue weighted by molar-refractivity contribution is 8.00. The summed E-state index contributed by atoms with van der Waals surface area (Å²) < 4.78 is 1.91. The van der Waals surface area contributed by atoms with E-state index in [-0.39, 0.29) is 11.2 Å². The molecule has 25 heavy (non-hydrogen) atoms. The van der Waals surface area contributed by atoms with Crippen molar-refractivity contribution in [2.45, 2.75) is 23.2 Å². The van der Waals surface area contributed by atoms with Crippen LogP contribution in [0.1, 0.15) is 12.0 Å². The second-order valence-electron chi connectivity index (χ2n) is 5.90. The maximum atomic E-state index is 12.6. The molecule has 3 aromatic rings. The first kappa shape index (κ1) is 15.8. The predicted molar refractivity (Wildman–Crippen MR) is 97.3 cm³/mol. The Labute approximate surface area is 149 Å². The number of amides is 1. The molecule has 0 saturated carbocycles. The molecular weight excluding hydrogens is 334 g/mol. The SMILES string of the molecule is Cn1c(S[C@@H]2CCc3ccccc3NC2=O)nnc1-c1cccnc1. The summed E-state index contributed by atoms with van der Waals surface area (Å²) in [5.41, 5.74) is 2.99. The number of anilines is 1. The number of pyridine rings is 1. The Morgan fingerprint density at radius 3 is 2.92 bits per heavy atom. The van der Waals surface area contributed by atoms with Gasteiger partial charge < -0.3 is 9.88 Å². The van der Waals surface area contributed by atoms with E-state index in [2.05, 4.69) is 26.6 Å². The van der Waals surface area contributed by atoms with E-state index in [1.54, 1.807) is 12.4 Å². The summed E-state index contributed by atoms with van der Waals surface area (Å²) in [6.45, 7) is 0. The van der Waals surface area contributed by atoms with E-state index < -0.39 is 0 Å². The van der Waals surface area contributed by atoms with Gasteiger partial charge in [0.05, 0.1) is 5.25 Å². The minimum Gasteiger partial charge on any atom is -0.325 e. The molecule has 0 aliphatic carbocycles. The molecule has 1 aliphatic rings. The quantitative estimate of drug-likeness (QED) is 0.785. The van der Waals surface area contributed by atoms with Crippen LogP contribution in [0.2, 0.25) is 0 Å². The molecule has 1 N–H and O–H groups in total. The zero-order valence-corrected chi connectivity index (χ0v) is 14.5. The number of hydrogen-bond acceptors (Lipinski definition) is 5. The van der Waals surface area contributed by atoms with E-state index in [1.165, 1.54) is 17.3 Å². The van der Waals surface area contributed by atoms with Crippen LogP contribution in [-0.4, -0.2) is 30.9 Å². The average Bonchev–Trinajstić information content (AvgIpc) is 2.92. The molecule has 0 fully saturated rings. The molecule has 126 valence electrons. The van der Waals surface area contributed by atoms with E-state index in [0.717, 1.165) is 35.1 Å². The van der Waals surface area contributed by atoms with E-state index in [1.807, 2.05) is 41.9 Å². The molecule has 0 radical (unpaired) electrons. The minimum atomic E-state index is -0.197. The Morgan fingerprint density at radius 1 is 1.20 bits per heavy atom. The standard InChI is InChI=1S/C18H17N5OS/c1-23-16(13-6-4-10-19-11-13)21-22-18(23)25-15-9-8-12-5-2-3-7-14(12)20-17(15)24/h2-7,10-11,15H,8-9H2,1H3,(H,20,24)/t15-/m1/s1. The van der Waals surface area contributed by atoms with Gasteiger partial charge in [0.15, 0.2) is 11.0 Å². The number of para-hydroxylation sites is 1. The van der Waals surface area contributed by atoms with Crippen LogP contribution in [0.4, 0.5) is 5.69 Å². The zero-order valence-electron chi connectivity index (χ0n) is 13.7. The molecule has 0 spiro atoms. The maximum Gasteiger partial charge on any atom is 0.237 e. The Morgan fingerprint density at radius 2 is 2.08 bits per heavy atom. The van der Waals surface area contributed by atoms with Crippen molar-refractivity contribution < 1.29 is 4.79 Å². The molecular formula is C18H17N5OS. The smallest absolute Gasteiger partial charge is 0.237 e. The van der Waals surface area contributed by atoms with Gasteiger partial charge >= 0.3 is 0 Å². The Hall–Kier alpha value is -2.67. The first-order valence-electron chi connectivity index (χ1n) is 8.07. The van der Waals surface area contributed by atoms with Crippen molar-refractivity contribution in [2.24, 2.45) is 7.05 Å². The first-order valence-corrected chi connectivity index (χ1v) is 8.95. The van der Waals surface area contributed by atoms with Gasteiger partial charge in [-0.1, -0.05) is 30.0 Å². The van der Waals surface area contributed by atoms with Crippen molar-refractivity contribution in [3.8, 4) is 11.4 Å². The van der Waals surface area contributed by atoms with E-state index in [4.69, 9.17) is 0 Å². The van der Waals surface area contributed by atoms with Crippen molar-refractivity contribution in [3.63, 3.8) is 0 Å².